The van der Waals surface area contributed by atoms with E-state index in [4.69, 9.17) is 9.29 Å². The first kappa shape index (κ1) is 29.6. The normalized spacial score (nSPS) is 12.2. The Morgan fingerprint density at radius 3 is 1.81 bits per heavy atom. The Bertz CT molecular complexity index is 686. The highest BCUT2D eigenvalue weighted by Gasteiger charge is 2.15. The Hall–Kier alpha value is -1.44. The summed E-state index contributed by atoms with van der Waals surface area (Å²) in [5, 5.41) is 0. The van der Waals surface area contributed by atoms with E-state index >= 15 is 0 Å². The highest BCUT2D eigenvalue weighted by molar-refractivity contribution is 7.85. The fourth-order valence-electron chi connectivity index (χ4n) is 2.80. The molecule has 0 amide bonds. The number of carbonyl (C=O) groups excluding carboxylic acids is 1. The zero-order chi connectivity index (χ0) is 23.7. The molecule has 31 heavy (non-hydrogen) atoms. The van der Waals surface area contributed by atoms with Crippen molar-refractivity contribution >= 4 is 16.1 Å². The molecule has 7 heteroatoms. The third-order valence-corrected chi connectivity index (χ3v) is 6.04. The number of esters is 1. The van der Waals surface area contributed by atoms with Gasteiger partial charge in [0.1, 0.15) is 6.04 Å². The maximum Gasteiger partial charge on any atom is 0.323 e. The van der Waals surface area contributed by atoms with Crippen molar-refractivity contribution < 1.29 is 22.5 Å². The summed E-state index contributed by atoms with van der Waals surface area (Å²) in [6.45, 7) is 6.55. The molecule has 0 aromatic heterocycles. The zero-order valence-electron chi connectivity index (χ0n) is 20.1. The molecule has 0 fully saturated rings. The minimum absolute atomic E-state index is 0.0666. The van der Waals surface area contributed by atoms with Crippen LogP contribution in [0.1, 0.15) is 83.6 Å². The van der Waals surface area contributed by atoms with Gasteiger partial charge in [0.2, 0.25) is 0 Å². The maximum atomic E-state index is 11.6. The van der Waals surface area contributed by atoms with E-state index in [2.05, 4.69) is 6.92 Å². The van der Waals surface area contributed by atoms with Gasteiger partial charge in [-0.05, 0) is 46.5 Å². The Labute approximate surface area is 190 Å². The van der Waals surface area contributed by atoms with Gasteiger partial charge in [-0.1, -0.05) is 82.4 Å². The van der Waals surface area contributed by atoms with Crippen LogP contribution in [0.4, 0.5) is 0 Å². The number of rotatable bonds is 14. The Balaban J connectivity index is 0.000000683. The molecule has 0 saturated carbocycles. The molecule has 6 nitrogen and oxygen atoms in total. The molecule has 0 aliphatic heterocycles. The van der Waals surface area contributed by atoms with Crippen molar-refractivity contribution in [3.8, 4) is 0 Å². The second-order valence-electron chi connectivity index (χ2n) is 8.28. The third kappa shape index (κ3) is 15.9. The minimum Gasteiger partial charge on any atom is -0.465 e. The maximum absolute atomic E-state index is 11.6. The number of benzene rings is 1. The number of hydrogen-bond donors (Lipinski definition) is 1. The van der Waals surface area contributed by atoms with Gasteiger partial charge in [0.05, 0.1) is 11.5 Å². The monoisotopic (exact) mass is 457 g/mol. The van der Waals surface area contributed by atoms with Crippen molar-refractivity contribution in [1.29, 1.82) is 0 Å². The second-order valence-corrected chi connectivity index (χ2v) is 9.70. The predicted octanol–water partition coefficient (Wildman–Crippen LogP) is 5.64. The molecule has 0 heterocycles. The number of unbranched alkanes of at least 4 members (excludes halogenated alkanes) is 9. The lowest BCUT2D eigenvalue weighted by Gasteiger charge is -2.17. The molecule has 1 atom stereocenters. The van der Waals surface area contributed by atoms with Crippen molar-refractivity contribution in [3.05, 3.63) is 29.8 Å². The van der Waals surface area contributed by atoms with Crippen LogP contribution in [0.3, 0.4) is 0 Å². The molecule has 0 saturated heterocycles. The first-order chi connectivity index (χ1) is 14.6. The minimum atomic E-state index is -4.02. The van der Waals surface area contributed by atoms with E-state index in [0.717, 1.165) is 12.0 Å². The number of likely N-dealkylation sites (N-methyl/N-ethyl adjacent to an activating group) is 1. The Kier molecular flexibility index (Phi) is 16.4. The summed E-state index contributed by atoms with van der Waals surface area (Å²) in [5.74, 6) is -0.106. The molecule has 0 bridgehead atoms. The van der Waals surface area contributed by atoms with Crippen molar-refractivity contribution in [2.24, 2.45) is 0 Å². The van der Waals surface area contributed by atoms with Gasteiger partial charge in [-0.3, -0.25) is 14.2 Å². The smallest absolute Gasteiger partial charge is 0.323 e. The first-order valence-electron chi connectivity index (χ1n) is 11.5. The predicted molar refractivity (Wildman–Crippen MR) is 127 cm³/mol. The van der Waals surface area contributed by atoms with Crippen LogP contribution in [0.25, 0.3) is 0 Å². The third-order valence-electron chi connectivity index (χ3n) is 5.18. The number of aryl methyl sites for hydroxylation is 1. The molecule has 1 unspecified atom stereocenters. The van der Waals surface area contributed by atoms with Gasteiger partial charge in [0.25, 0.3) is 10.1 Å². The largest absolute Gasteiger partial charge is 0.465 e. The van der Waals surface area contributed by atoms with Crippen LogP contribution in [0.15, 0.2) is 29.2 Å². The van der Waals surface area contributed by atoms with Crippen molar-refractivity contribution in [2.75, 3.05) is 20.7 Å². The Morgan fingerprint density at radius 2 is 1.39 bits per heavy atom. The first-order valence-corrected chi connectivity index (χ1v) is 12.9. The van der Waals surface area contributed by atoms with Crippen LogP contribution >= 0.6 is 0 Å². The SMILES string of the molecule is CCCCCCCCCCCCOC(=O)C(C)N(C)C.Cc1ccc(S(=O)(=O)O)cc1. The summed E-state index contributed by atoms with van der Waals surface area (Å²) in [4.78, 5) is 13.4. The average Bonchev–Trinajstić information content (AvgIpc) is 2.71. The molecular weight excluding hydrogens is 414 g/mol. The number of ether oxygens (including phenoxy) is 1. The van der Waals surface area contributed by atoms with Gasteiger partial charge < -0.3 is 4.74 Å². The molecule has 0 radical (unpaired) electrons. The molecule has 1 aromatic carbocycles. The lowest BCUT2D eigenvalue weighted by molar-refractivity contribution is -0.148. The van der Waals surface area contributed by atoms with Crippen molar-refractivity contribution in [2.45, 2.75) is 95.9 Å². The molecule has 180 valence electrons. The van der Waals surface area contributed by atoms with Crippen molar-refractivity contribution in [1.82, 2.24) is 4.90 Å². The van der Waals surface area contributed by atoms with E-state index in [9.17, 15) is 13.2 Å². The van der Waals surface area contributed by atoms with Crippen molar-refractivity contribution in [3.63, 3.8) is 0 Å². The summed E-state index contributed by atoms with van der Waals surface area (Å²) in [6, 6.07) is 5.85. The summed E-state index contributed by atoms with van der Waals surface area (Å²) >= 11 is 0. The van der Waals surface area contributed by atoms with E-state index in [-0.39, 0.29) is 16.9 Å². The summed E-state index contributed by atoms with van der Waals surface area (Å²) < 4.78 is 34.8. The molecule has 0 aliphatic rings. The lowest BCUT2D eigenvalue weighted by Crippen LogP contribution is -2.34. The van der Waals surface area contributed by atoms with Gasteiger partial charge in [0.15, 0.2) is 0 Å². The number of nitrogens with zero attached hydrogens (tertiary/aromatic N) is 1. The van der Waals surface area contributed by atoms with Crippen LogP contribution in [0.5, 0.6) is 0 Å². The van der Waals surface area contributed by atoms with Gasteiger partial charge in [-0.15, -0.1) is 0 Å². The van der Waals surface area contributed by atoms with Gasteiger partial charge in [-0.2, -0.15) is 8.42 Å². The Morgan fingerprint density at radius 1 is 0.935 bits per heavy atom. The molecule has 0 aliphatic carbocycles. The van der Waals surface area contributed by atoms with E-state index < -0.39 is 10.1 Å². The van der Waals surface area contributed by atoms with E-state index in [1.165, 1.54) is 69.9 Å². The average molecular weight is 458 g/mol. The van der Waals surface area contributed by atoms with Gasteiger partial charge >= 0.3 is 5.97 Å². The van der Waals surface area contributed by atoms with Gasteiger partial charge in [-0.25, -0.2) is 0 Å². The van der Waals surface area contributed by atoms with Crippen LogP contribution in [0, 0.1) is 6.92 Å². The quantitative estimate of drug-likeness (QED) is 0.221. The molecular formula is C24H43NO5S. The van der Waals surface area contributed by atoms with Crippen LogP contribution in [0.2, 0.25) is 0 Å². The topological polar surface area (TPSA) is 83.9 Å². The fraction of sp³-hybridized carbons (Fsp3) is 0.708. The highest BCUT2D eigenvalue weighted by Crippen LogP contribution is 2.11. The molecule has 1 rings (SSSR count). The van der Waals surface area contributed by atoms with Crippen LogP contribution < -0.4 is 0 Å². The van der Waals surface area contributed by atoms with Gasteiger partial charge in [0, 0.05) is 0 Å². The summed E-state index contributed by atoms with van der Waals surface area (Å²) in [7, 11) is -0.229. The van der Waals surface area contributed by atoms with E-state index in [1.54, 1.807) is 12.1 Å². The zero-order valence-corrected chi connectivity index (χ0v) is 20.9. The number of carbonyl (C=O) groups is 1. The summed E-state index contributed by atoms with van der Waals surface area (Å²) in [5.41, 5.74) is 0.956. The van der Waals surface area contributed by atoms with E-state index in [0.29, 0.717) is 6.61 Å². The second kappa shape index (κ2) is 17.2. The summed E-state index contributed by atoms with van der Waals surface area (Å²) in [6.07, 6.45) is 13.0. The standard InChI is InChI=1S/C17H35NO2.C7H8O3S/c1-5-6-7-8-9-10-11-12-13-14-15-20-17(19)16(2)18(3)4;1-6-2-4-7(5-3-6)11(8,9)10/h16H,5-15H2,1-4H3;2-5H,1H3,(H,8,9,10). The highest BCUT2D eigenvalue weighted by atomic mass is 32.2. The van der Waals surface area contributed by atoms with Crippen LogP contribution in [-0.4, -0.2) is 50.6 Å². The molecule has 1 aromatic rings. The van der Waals surface area contributed by atoms with E-state index in [1.807, 2.05) is 32.8 Å². The lowest BCUT2D eigenvalue weighted by atomic mass is 10.1. The fourth-order valence-corrected chi connectivity index (χ4v) is 3.28. The molecule has 0 spiro atoms. The molecule has 1 N–H and O–H groups in total. The van der Waals surface area contributed by atoms with Crippen LogP contribution in [-0.2, 0) is 19.6 Å². The number of hydrogen-bond acceptors (Lipinski definition) is 5.